The number of rotatable bonds is 6. The lowest BCUT2D eigenvalue weighted by atomic mass is 10.1. The zero-order valence-corrected chi connectivity index (χ0v) is 9.71. The van der Waals surface area contributed by atoms with Crippen LogP contribution >= 0.6 is 0 Å². The van der Waals surface area contributed by atoms with E-state index >= 15 is 0 Å². The molecule has 2 aromatic rings. The summed E-state index contributed by atoms with van der Waals surface area (Å²) < 4.78 is 0. The number of hydrogen-bond donors (Lipinski definition) is 2. The Hall–Kier alpha value is -1.28. The molecule has 3 N–H and O–H groups in total. The van der Waals surface area contributed by atoms with E-state index in [1.807, 2.05) is 0 Å². The monoisotopic (exact) mass is 216 g/mol. The minimum Gasteiger partial charge on any atom is -0.361 e. The van der Waals surface area contributed by atoms with E-state index in [0.29, 0.717) is 0 Å². The summed E-state index contributed by atoms with van der Waals surface area (Å²) in [5.74, 6) is 0. The Morgan fingerprint density at radius 3 is 2.69 bits per heavy atom. The molecule has 1 aromatic heterocycles. The number of unbranched alkanes of at least 4 members (excludes halogenated alkanes) is 3. The molecule has 2 nitrogen and oxygen atoms in total. The van der Waals surface area contributed by atoms with Gasteiger partial charge >= 0.3 is 0 Å². The number of aromatic nitrogens is 1. The highest BCUT2D eigenvalue weighted by atomic mass is 14.7. The van der Waals surface area contributed by atoms with Crippen molar-refractivity contribution in [1.82, 2.24) is 4.98 Å². The van der Waals surface area contributed by atoms with E-state index in [1.54, 1.807) is 0 Å². The Kier molecular flexibility index (Phi) is 4.00. The van der Waals surface area contributed by atoms with Crippen LogP contribution in [-0.4, -0.2) is 11.5 Å². The first-order valence-electron chi connectivity index (χ1n) is 6.17. The largest absolute Gasteiger partial charge is 0.361 e. The van der Waals surface area contributed by atoms with Crippen molar-refractivity contribution in [3.63, 3.8) is 0 Å². The van der Waals surface area contributed by atoms with Crippen molar-refractivity contribution in [1.29, 1.82) is 0 Å². The minimum absolute atomic E-state index is 0.826. The van der Waals surface area contributed by atoms with Gasteiger partial charge in [0.1, 0.15) is 0 Å². The number of aryl methyl sites for hydroxylation is 1. The average Bonchev–Trinajstić information content (AvgIpc) is 2.73. The van der Waals surface area contributed by atoms with Crippen LogP contribution in [0.25, 0.3) is 10.9 Å². The second-order valence-electron chi connectivity index (χ2n) is 4.31. The Balaban J connectivity index is 1.89. The number of aromatic amines is 1. The summed E-state index contributed by atoms with van der Waals surface area (Å²) in [6.45, 7) is 0.826. The highest BCUT2D eigenvalue weighted by Crippen LogP contribution is 2.19. The molecule has 0 aliphatic rings. The Labute approximate surface area is 96.9 Å². The fourth-order valence-corrected chi connectivity index (χ4v) is 2.15. The van der Waals surface area contributed by atoms with Crippen molar-refractivity contribution >= 4 is 10.9 Å². The SMILES string of the molecule is NCCCCCCc1c[nH]c2ccccc12. The molecule has 1 heterocycles. The predicted molar refractivity (Wildman–Crippen MR) is 69.5 cm³/mol. The van der Waals surface area contributed by atoms with Crippen LogP contribution in [0.3, 0.4) is 0 Å². The van der Waals surface area contributed by atoms with Gasteiger partial charge in [-0.3, -0.25) is 0 Å². The van der Waals surface area contributed by atoms with E-state index in [2.05, 4.69) is 35.4 Å². The van der Waals surface area contributed by atoms with Crippen LogP contribution in [0.4, 0.5) is 0 Å². The van der Waals surface area contributed by atoms with Crippen molar-refractivity contribution in [2.75, 3.05) is 6.54 Å². The maximum Gasteiger partial charge on any atom is 0.0456 e. The van der Waals surface area contributed by atoms with Crippen molar-refractivity contribution < 1.29 is 0 Å². The maximum atomic E-state index is 5.47. The van der Waals surface area contributed by atoms with E-state index in [-0.39, 0.29) is 0 Å². The smallest absolute Gasteiger partial charge is 0.0456 e. The van der Waals surface area contributed by atoms with E-state index in [9.17, 15) is 0 Å². The van der Waals surface area contributed by atoms with Crippen LogP contribution < -0.4 is 5.73 Å². The fourth-order valence-electron chi connectivity index (χ4n) is 2.15. The van der Waals surface area contributed by atoms with Crippen LogP contribution in [0.15, 0.2) is 30.5 Å². The summed E-state index contributed by atoms with van der Waals surface area (Å²) in [5, 5.41) is 1.38. The molecule has 0 aliphatic carbocycles. The summed E-state index contributed by atoms with van der Waals surface area (Å²) >= 11 is 0. The number of nitrogens with two attached hydrogens (primary N) is 1. The summed E-state index contributed by atoms with van der Waals surface area (Å²) in [6.07, 6.45) is 8.30. The number of fused-ring (bicyclic) bond motifs is 1. The van der Waals surface area contributed by atoms with Gasteiger partial charge in [0.25, 0.3) is 0 Å². The lowest BCUT2D eigenvalue weighted by molar-refractivity contribution is 0.648. The molecule has 0 atom stereocenters. The van der Waals surface area contributed by atoms with E-state index in [4.69, 9.17) is 5.73 Å². The summed E-state index contributed by atoms with van der Waals surface area (Å²) in [4.78, 5) is 3.32. The van der Waals surface area contributed by atoms with Gasteiger partial charge in [0.15, 0.2) is 0 Å². The van der Waals surface area contributed by atoms with Gasteiger partial charge in [-0.05, 0) is 37.4 Å². The zero-order chi connectivity index (χ0) is 11.2. The molecular weight excluding hydrogens is 196 g/mol. The van der Waals surface area contributed by atoms with Crippen molar-refractivity contribution in [3.8, 4) is 0 Å². The molecule has 1 aromatic carbocycles. The topological polar surface area (TPSA) is 41.8 Å². The highest BCUT2D eigenvalue weighted by molar-refractivity contribution is 5.82. The van der Waals surface area contributed by atoms with E-state index in [0.717, 1.165) is 13.0 Å². The molecule has 0 spiro atoms. The molecule has 0 saturated heterocycles. The molecule has 0 unspecified atom stereocenters. The Morgan fingerprint density at radius 2 is 1.81 bits per heavy atom. The number of para-hydroxylation sites is 1. The molecule has 0 amide bonds. The van der Waals surface area contributed by atoms with Gasteiger partial charge < -0.3 is 10.7 Å². The summed E-state index contributed by atoms with van der Waals surface area (Å²) in [7, 11) is 0. The number of hydrogen-bond acceptors (Lipinski definition) is 1. The van der Waals surface area contributed by atoms with Gasteiger partial charge in [0.05, 0.1) is 0 Å². The minimum atomic E-state index is 0.826. The second kappa shape index (κ2) is 5.71. The first kappa shape index (κ1) is 11.2. The highest BCUT2D eigenvalue weighted by Gasteiger charge is 2.01. The molecule has 0 radical (unpaired) electrons. The van der Waals surface area contributed by atoms with Gasteiger partial charge in [-0.25, -0.2) is 0 Å². The molecule has 86 valence electrons. The van der Waals surface area contributed by atoms with Gasteiger partial charge in [-0.1, -0.05) is 31.0 Å². The molecule has 16 heavy (non-hydrogen) atoms. The molecule has 0 saturated carbocycles. The Bertz CT molecular complexity index is 431. The molecule has 2 heteroatoms. The third-order valence-electron chi connectivity index (χ3n) is 3.08. The third-order valence-corrected chi connectivity index (χ3v) is 3.08. The van der Waals surface area contributed by atoms with Gasteiger partial charge in [0, 0.05) is 17.1 Å². The zero-order valence-electron chi connectivity index (χ0n) is 9.71. The molecular formula is C14H20N2. The normalized spacial score (nSPS) is 11.1. The Morgan fingerprint density at radius 1 is 1.00 bits per heavy atom. The number of nitrogens with one attached hydrogen (secondary N) is 1. The van der Waals surface area contributed by atoms with Crippen molar-refractivity contribution in [2.24, 2.45) is 5.73 Å². The first-order chi connectivity index (χ1) is 7.92. The first-order valence-corrected chi connectivity index (χ1v) is 6.17. The van der Waals surface area contributed by atoms with E-state index < -0.39 is 0 Å². The van der Waals surface area contributed by atoms with Crippen LogP contribution in [0.2, 0.25) is 0 Å². The average molecular weight is 216 g/mol. The van der Waals surface area contributed by atoms with E-state index in [1.165, 1.54) is 42.1 Å². The molecule has 0 bridgehead atoms. The molecule has 0 aliphatic heterocycles. The number of benzene rings is 1. The van der Waals surface area contributed by atoms with Crippen molar-refractivity contribution in [2.45, 2.75) is 32.1 Å². The lowest BCUT2D eigenvalue weighted by Gasteiger charge is -1.99. The molecule has 2 rings (SSSR count). The van der Waals surface area contributed by atoms with Crippen LogP contribution in [0.5, 0.6) is 0 Å². The standard InChI is InChI=1S/C14H20N2/c15-10-6-2-1-3-7-12-11-16-14-9-5-4-8-13(12)14/h4-5,8-9,11,16H,1-3,6-7,10,15H2. The second-order valence-corrected chi connectivity index (χ2v) is 4.31. The van der Waals surface area contributed by atoms with Gasteiger partial charge in [0.2, 0.25) is 0 Å². The third kappa shape index (κ3) is 2.64. The quantitative estimate of drug-likeness (QED) is 0.715. The summed E-state index contributed by atoms with van der Waals surface area (Å²) in [6, 6.07) is 8.51. The fraction of sp³-hybridized carbons (Fsp3) is 0.429. The van der Waals surface area contributed by atoms with Gasteiger partial charge in [-0.15, -0.1) is 0 Å². The lowest BCUT2D eigenvalue weighted by Crippen LogP contribution is -1.97. The number of H-pyrrole nitrogens is 1. The molecule has 0 fully saturated rings. The predicted octanol–water partition coefficient (Wildman–Crippen LogP) is 3.23. The van der Waals surface area contributed by atoms with Crippen LogP contribution in [0, 0.1) is 0 Å². The maximum absolute atomic E-state index is 5.47. The van der Waals surface area contributed by atoms with Crippen LogP contribution in [-0.2, 0) is 6.42 Å². The summed E-state index contributed by atoms with van der Waals surface area (Å²) in [5.41, 5.74) is 8.17. The van der Waals surface area contributed by atoms with Gasteiger partial charge in [-0.2, -0.15) is 0 Å². The van der Waals surface area contributed by atoms with Crippen molar-refractivity contribution in [3.05, 3.63) is 36.0 Å². The van der Waals surface area contributed by atoms with Crippen LogP contribution in [0.1, 0.15) is 31.2 Å².